The molecule has 4 heteroatoms. The molecule has 0 heterocycles. The first-order valence-corrected chi connectivity index (χ1v) is 6.55. The topological polar surface area (TPSA) is 40.5 Å². The smallest absolute Gasteiger partial charge is 0.307 e. The molecule has 0 saturated heterocycles. The first-order valence-electron chi connectivity index (χ1n) is 6.18. The number of carboxylic acids is 1. The Kier molecular flexibility index (Phi) is 5.63. The monoisotopic (exact) mass is 269 g/mol. The van der Waals surface area contributed by atoms with Crippen molar-refractivity contribution in [1.82, 2.24) is 4.90 Å². The van der Waals surface area contributed by atoms with Gasteiger partial charge in [0.1, 0.15) is 0 Å². The summed E-state index contributed by atoms with van der Waals surface area (Å²) in [5, 5.41) is 9.69. The predicted octanol–water partition coefficient (Wildman–Crippen LogP) is 3.44. The van der Waals surface area contributed by atoms with E-state index >= 15 is 0 Å². The SMILES string of the molecule is CCN(CC(C)C(=O)O)C(C)c1ccc(Cl)cc1. The van der Waals surface area contributed by atoms with E-state index in [9.17, 15) is 4.79 Å². The lowest BCUT2D eigenvalue weighted by atomic mass is 10.0. The third kappa shape index (κ3) is 4.00. The van der Waals surface area contributed by atoms with E-state index in [-0.39, 0.29) is 12.0 Å². The number of hydrogen-bond donors (Lipinski definition) is 1. The minimum atomic E-state index is -0.753. The fraction of sp³-hybridized carbons (Fsp3) is 0.500. The van der Waals surface area contributed by atoms with Crippen molar-refractivity contribution in [2.45, 2.75) is 26.8 Å². The predicted molar refractivity (Wildman–Crippen MR) is 73.9 cm³/mol. The highest BCUT2D eigenvalue weighted by Gasteiger charge is 2.20. The highest BCUT2D eigenvalue weighted by Crippen LogP contribution is 2.22. The van der Waals surface area contributed by atoms with Gasteiger partial charge in [0.25, 0.3) is 0 Å². The fourth-order valence-electron chi connectivity index (χ4n) is 1.94. The van der Waals surface area contributed by atoms with Crippen molar-refractivity contribution in [2.24, 2.45) is 5.92 Å². The Morgan fingerprint density at radius 2 is 1.89 bits per heavy atom. The van der Waals surface area contributed by atoms with Gasteiger partial charge in [-0.3, -0.25) is 9.69 Å². The van der Waals surface area contributed by atoms with Crippen LogP contribution in [0.25, 0.3) is 0 Å². The number of nitrogens with zero attached hydrogens (tertiary/aromatic N) is 1. The molecule has 3 nitrogen and oxygen atoms in total. The maximum Gasteiger partial charge on any atom is 0.307 e. The number of benzene rings is 1. The Bertz CT molecular complexity index is 391. The van der Waals surface area contributed by atoms with Gasteiger partial charge >= 0.3 is 5.97 Å². The second kappa shape index (κ2) is 6.76. The Morgan fingerprint density at radius 3 is 2.33 bits per heavy atom. The highest BCUT2D eigenvalue weighted by atomic mass is 35.5. The standard InChI is InChI=1S/C14H20ClNO2/c1-4-16(9-10(2)14(17)18)11(3)12-5-7-13(15)8-6-12/h5-8,10-11H,4,9H2,1-3H3,(H,17,18). The van der Waals surface area contributed by atoms with Gasteiger partial charge in [0.15, 0.2) is 0 Å². The van der Waals surface area contributed by atoms with Crippen LogP contribution in [-0.2, 0) is 4.79 Å². The van der Waals surface area contributed by atoms with Crippen LogP contribution in [0.15, 0.2) is 24.3 Å². The van der Waals surface area contributed by atoms with Crippen LogP contribution in [0.4, 0.5) is 0 Å². The lowest BCUT2D eigenvalue weighted by molar-refractivity contribution is -0.141. The molecule has 0 bridgehead atoms. The lowest BCUT2D eigenvalue weighted by Crippen LogP contribution is -2.33. The third-order valence-electron chi connectivity index (χ3n) is 3.24. The summed E-state index contributed by atoms with van der Waals surface area (Å²) in [5.41, 5.74) is 1.15. The molecule has 0 aliphatic carbocycles. The minimum absolute atomic E-state index is 0.189. The molecule has 0 aliphatic heterocycles. The van der Waals surface area contributed by atoms with Crippen LogP contribution in [0.3, 0.4) is 0 Å². The van der Waals surface area contributed by atoms with Crippen LogP contribution < -0.4 is 0 Å². The van der Waals surface area contributed by atoms with Gasteiger partial charge in [0, 0.05) is 17.6 Å². The molecule has 18 heavy (non-hydrogen) atoms. The van der Waals surface area contributed by atoms with Crippen LogP contribution in [0.5, 0.6) is 0 Å². The van der Waals surface area contributed by atoms with E-state index < -0.39 is 5.97 Å². The summed E-state index contributed by atoms with van der Waals surface area (Å²) in [6, 6.07) is 7.89. The van der Waals surface area contributed by atoms with Gasteiger partial charge in [0.2, 0.25) is 0 Å². The van der Waals surface area contributed by atoms with Crippen molar-refractivity contribution in [1.29, 1.82) is 0 Å². The van der Waals surface area contributed by atoms with Crippen LogP contribution >= 0.6 is 11.6 Å². The Morgan fingerprint density at radius 1 is 1.33 bits per heavy atom. The van der Waals surface area contributed by atoms with Gasteiger partial charge in [-0.05, 0) is 31.2 Å². The zero-order valence-corrected chi connectivity index (χ0v) is 11.8. The molecule has 1 N–H and O–H groups in total. The molecule has 0 saturated carbocycles. The van der Waals surface area contributed by atoms with Crippen LogP contribution in [-0.4, -0.2) is 29.1 Å². The minimum Gasteiger partial charge on any atom is -0.481 e. The Labute approximate surface area is 113 Å². The van der Waals surface area contributed by atoms with E-state index in [1.165, 1.54) is 0 Å². The summed E-state index contributed by atoms with van der Waals surface area (Å²) >= 11 is 5.86. The van der Waals surface area contributed by atoms with E-state index in [1.54, 1.807) is 6.92 Å². The van der Waals surface area contributed by atoms with E-state index in [2.05, 4.69) is 11.8 Å². The number of carbonyl (C=O) groups is 1. The number of carboxylic acid groups (broad SMARTS) is 1. The lowest BCUT2D eigenvalue weighted by Gasteiger charge is -2.29. The van der Waals surface area contributed by atoms with Crippen LogP contribution in [0.1, 0.15) is 32.4 Å². The first kappa shape index (κ1) is 15.0. The second-order valence-corrected chi connectivity index (χ2v) is 4.99. The van der Waals surface area contributed by atoms with E-state index in [1.807, 2.05) is 31.2 Å². The molecule has 0 fully saturated rings. The van der Waals surface area contributed by atoms with E-state index in [4.69, 9.17) is 16.7 Å². The summed E-state index contributed by atoms with van der Waals surface area (Å²) in [6.07, 6.45) is 0. The molecule has 100 valence electrons. The van der Waals surface area contributed by atoms with E-state index in [0.717, 1.165) is 12.1 Å². The van der Waals surface area contributed by atoms with Gasteiger partial charge in [-0.2, -0.15) is 0 Å². The van der Waals surface area contributed by atoms with Gasteiger partial charge in [0.05, 0.1) is 5.92 Å². The summed E-state index contributed by atoms with van der Waals surface area (Å²) in [6.45, 7) is 7.24. The van der Waals surface area contributed by atoms with Gasteiger partial charge in [-0.25, -0.2) is 0 Å². The fourth-order valence-corrected chi connectivity index (χ4v) is 2.07. The molecule has 0 amide bonds. The van der Waals surface area contributed by atoms with Gasteiger partial charge in [-0.15, -0.1) is 0 Å². The maximum absolute atomic E-state index is 10.9. The molecule has 0 aliphatic rings. The summed E-state index contributed by atoms with van der Waals surface area (Å²) < 4.78 is 0. The maximum atomic E-state index is 10.9. The molecule has 1 aromatic rings. The molecule has 0 spiro atoms. The van der Waals surface area contributed by atoms with Crippen molar-refractivity contribution in [2.75, 3.05) is 13.1 Å². The molecule has 2 unspecified atom stereocenters. The van der Waals surface area contributed by atoms with Crippen molar-refractivity contribution in [3.63, 3.8) is 0 Å². The Balaban J connectivity index is 2.75. The molecule has 0 aromatic heterocycles. The molecular weight excluding hydrogens is 250 g/mol. The summed E-state index contributed by atoms with van der Waals surface area (Å²) in [5.74, 6) is -1.11. The molecular formula is C14H20ClNO2. The van der Waals surface area contributed by atoms with Gasteiger partial charge in [-0.1, -0.05) is 37.6 Å². The van der Waals surface area contributed by atoms with Crippen molar-refractivity contribution in [3.8, 4) is 0 Å². The van der Waals surface area contributed by atoms with Crippen molar-refractivity contribution >= 4 is 17.6 Å². The highest BCUT2D eigenvalue weighted by molar-refractivity contribution is 6.30. The summed E-state index contributed by atoms with van der Waals surface area (Å²) in [4.78, 5) is 13.1. The largest absolute Gasteiger partial charge is 0.481 e. The van der Waals surface area contributed by atoms with Gasteiger partial charge < -0.3 is 5.11 Å². The van der Waals surface area contributed by atoms with E-state index in [0.29, 0.717) is 11.6 Å². The van der Waals surface area contributed by atoms with Crippen LogP contribution in [0.2, 0.25) is 5.02 Å². The quantitative estimate of drug-likeness (QED) is 0.860. The van der Waals surface area contributed by atoms with Crippen molar-refractivity contribution < 1.29 is 9.90 Å². The van der Waals surface area contributed by atoms with Crippen molar-refractivity contribution in [3.05, 3.63) is 34.9 Å². The first-order chi connectivity index (χ1) is 8.45. The molecule has 0 radical (unpaired) electrons. The average molecular weight is 270 g/mol. The molecule has 2 atom stereocenters. The molecule has 1 rings (SSSR count). The second-order valence-electron chi connectivity index (χ2n) is 4.55. The third-order valence-corrected chi connectivity index (χ3v) is 3.49. The van der Waals surface area contributed by atoms with Crippen LogP contribution in [0, 0.1) is 5.92 Å². The summed E-state index contributed by atoms with van der Waals surface area (Å²) in [7, 11) is 0. The Hall–Kier alpha value is -1.06. The normalized spacial score (nSPS) is 14.5. The zero-order valence-electron chi connectivity index (χ0n) is 11.1. The number of aliphatic carboxylic acids is 1. The number of halogens is 1. The zero-order chi connectivity index (χ0) is 13.7. The average Bonchev–Trinajstić information content (AvgIpc) is 2.35. The number of rotatable bonds is 6. The molecule has 1 aromatic carbocycles. The number of hydrogen-bond acceptors (Lipinski definition) is 2.